The molecule has 0 atom stereocenters. The largest absolute Gasteiger partial charge is 0.489 e. The van der Waals surface area contributed by atoms with Gasteiger partial charge in [0.1, 0.15) is 11.6 Å². The molecule has 7 nitrogen and oxygen atoms in total. The molecule has 0 aliphatic heterocycles. The fraction of sp³-hybridized carbons (Fsp3) is 0.292. The molecule has 33 heavy (non-hydrogen) atoms. The van der Waals surface area contributed by atoms with Gasteiger partial charge in [-0.05, 0) is 63.1 Å². The Morgan fingerprint density at radius 1 is 1.27 bits per heavy atom. The van der Waals surface area contributed by atoms with Crippen molar-refractivity contribution < 1.29 is 23.2 Å². The fourth-order valence-corrected chi connectivity index (χ4v) is 3.76. The van der Waals surface area contributed by atoms with E-state index in [0.717, 1.165) is 5.56 Å². The van der Waals surface area contributed by atoms with E-state index in [9.17, 15) is 9.18 Å². The van der Waals surface area contributed by atoms with Crippen molar-refractivity contribution in [2.75, 3.05) is 6.61 Å². The Hall–Kier alpha value is -3.39. The van der Waals surface area contributed by atoms with E-state index in [0.29, 0.717) is 45.8 Å². The van der Waals surface area contributed by atoms with Crippen molar-refractivity contribution in [1.82, 2.24) is 15.1 Å². The third-order valence-electron chi connectivity index (χ3n) is 4.95. The molecule has 0 bridgehead atoms. The molecule has 0 unspecified atom stereocenters. The lowest BCUT2D eigenvalue weighted by Gasteiger charge is -2.11. The summed E-state index contributed by atoms with van der Waals surface area (Å²) in [6, 6.07) is 7.95. The smallest absolute Gasteiger partial charge is 0.306 e. The molecule has 4 rings (SSSR count). The summed E-state index contributed by atoms with van der Waals surface area (Å²) in [6.45, 7) is 5.91. The van der Waals surface area contributed by atoms with Gasteiger partial charge in [0.25, 0.3) is 5.89 Å². The number of nitrogens with one attached hydrogen (secondary N) is 1. The van der Waals surface area contributed by atoms with Crippen LogP contribution in [0.15, 0.2) is 41.1 Å². The van der Waals surface area contributed by atoms with Crippen LogP contribution in [0.5, 0.6) is 5.75 Å². The quantitative estimate of drug-likeness (QED) is 0.319. The Morgan fingerprint density at radius 2 is 2.09 bits per heavy atom. The molecule has 0 amide bonds. The third-order valence-corrected chi connectivity index (χ3v) is 5.25. The molecule has 0 fully saturated rings. The van der Waals surface area contributed by atoms with Gasteiger partial charge in [0.15, 0.2) is 0 Å². The Kier molecular flexibility index (Phi) is 6.65. The summed E-state index contributed by atoms with van der Waals surface area (Å²) in [4.78, 5) is 19.3. The number of carbonyl (C=O) groups is 1. The summed E-state index contributed by atoms with van der Waals surface area (Å²) in [5, 5.41) is 5.11. The number of aromatic amines is 1. The van der Waals surface area contributed by atoms with Gasteiger partial charge >= 0.3 is 5.97 Å². The number of hydrogen-bond acceptors (Lipinski definition) is 6. The molecule has 0 aliphatic carbocycles. The van der Waals surface area contributed by atoms with Crippen LogP contribution >= 0.6 is 11.6 Å². The first-order chi connectivity index (χ1) is 15.9. The van der Waals surface area contributed by atoms with Gasteiger partial charge in [0.2, 0.25) is 5.82 Å². The Morgan fingerprint density at radius 3 is 2.82 bits per heavy atom. The lowest BCUT2D eigenvalue weighted by molar-refractivity contribution is -0.143. The molecule has 0 spiro atoms. The van der Waals surface area contributed by atoms with Crippen LogP contribution in [0.25, 0.3) is 33.7 Å². The van der Waals surface area contributed by atoms with E-state index in [-0.39, 0.29) is 30.2 Å². The van der Waals surface area contributed by atoms with Crippen LogP contribution in [-0.2, 0) is 16.0 Å². The molecule has 0 saturated carbocycles. The summed E-state index contributed by atoms with van der Waals surface area (Å²) in [6.07, 6.45) is 2.36. The second kappa shape index (κ2) is 9.62. The lowest BCUT2D eigenvalue weighted by atomic mass is 10.0. The number of aromatic nitrogens is 3. The van der Waals surface area contributed by atoms with Gasteiger partial charge in [-0.1, -0.05) is 16.8 Å². The number of benzene rings is 2. The number of H-pyrrole nitrogens is 1. The molecule has 0 aliphatic rings. The van der Waals surface area contributed by atoms with Crippen molar-refractivity contribution in [3.05, 3.63) is 52.9 Å². The SMILES string of the molecule is CCOC(=O)CCc1c[nH]c2c(-c3noc(-c4ccc(OC(C)C)c(Cl)c4)n3)cc(F)cc12. The highest BCUT2D eigenvalue weighted by atomic mass is 35.5. The zero-order chi connectivity index (χ0) is 23.5. The number of ether oxygens (including phenoxy) is 2. The summed E-state index contributed by atoms with van der Waals surface area (Å²) in [7, 11) is 0. The second-order valence-corrected chi connectivity index (χ2v) is 8.14. The van der Waals surface area contributed by atoms with Crippen molar-refractivity contribution >= 4 is 28.5 Å². The highest BCUT2D eigenvalue weighted by molar-refractivity contribution is 6.32. The van der Waals surface area contributed by atoms with Crippen LogP contribution in [0.3, 0.4) is 0 Å². The predicted octanol–water partition coefficient (Wildman–Crippen LogP) is 5.96. The molecule has 2 heterocycles. The Balaban J connectivity index is 1.64. The minimum absolute atomic E-state index is 0.0123. The van der Waals surface area contributed by atoms with Gasteiger partial charge in [-0.3, -0.25) is 4.79 Å². The van der Waals surface area contributed by atoms with Crippen molar-refractivity contribution in [1.29, 1.82) is 0 Å². The van der Waals surface area contributed by atoms with E-state index in [4.69, 9.17) is 25.6 Å². The van der Waals surface area contributed by atoms with E-state index in [1.165, 1.54) is 12.1 Å². The molecule has 9 heteroatoms. The Bertz CT molecular complexity index is 1300. The first kappa shape index (κ1) is 22.8. The molecule has 0 saturated heterocycles. The van der Waals surface area contributed by atoms with Gasteiger partial charge < -0.3 is 19.0 Å². The number of nitrogens with zero attached hydrogens (tertiary/aromatic N) is 2. The molecule has 4 aromatic rings. The first-order valence-corrected chi connectivity index (χ1v) is 11.0. The number of aryl methyl sites for hydroxylation is 1. The molecule has 172 valence electrons. The number of rotatable bonds is 8. The molecule has 2 aromatic heterocycles. The maximum absolute atomic E-state index is 14.5. The average molecular weight is 472 g/mol. The van der Waals surface area contributed by atoms with Crippen LogP contribution in [0.2, 0.25) is 5.02 Å². The summed E-state index contributed by atoms with van der Waals surface area (Å²) in [5.74, 6) is 0.291. The average Bonchev–Trinajstić information content (AvgIpc) is 3.40. The van der Waals surface area contributed by atoms with Gasteiger partial charge in [-0.15, -0.1) is 0 Å². The van der Waals surface area contributed by atoms with Gasteiger partial charge in [-0.2, -0.15) is 4.98 Å². The van der Waals surface area contributed by atoms with Crippen molar-refractivity contribution in [3.63, 3.8) is 0 Å². The van der Waals surface area contributed by atoms with Gasteiger partial charge in [0, 0.05) is 29.1 Å². The zero-order valence-electron chi connectivity index (χ0n) is 18.4. The van der Waals surface area contributed by atoms with E-state index in [1.54, 1.807) is 31.3 Å². The summed E-state index contributed by atoms with van der Waals surface area (Å²) >= 11 is 6.32. The van der Waals surface area contributed by atoms with Gasteiger partial charge in [0.05, 0.1) is 23.3 Å². The van der Waals surface area contributed by atoms with E-state index < -0.39 is 5.82 Å². The standard InChI is InChI=1S/C24H23ClFN3O4/c1-4-31-21(30)8-6-15-12-27-22-17(15)10-16(26)11-18(22)23-28-24(33-29-23)14-5-7-20(19(25)9-14)32-13(2)3/h5,7,9-13,27H,4,6,8H2,1-3H3. The van der Waals surface area contributed by atoms with Crippen LogP contribution < -0.4 is 4.74 Å². The lowest BCUT2D eigenvalue weighted by Crippen LogP contribution is -2.05. The van der Waals surface area contributed by atoms with E-state index >= 15 is 0 Å². The normalized spacial score (nSPS) is 11.3. The molecular weight excluding hydrogens is 449 g/mol. The van der Waals surface area contributed by atoms with E-state index in [2.05, 4.69) is 15.1 Å². The molecule has 0 radical (unpaired) electrons. The van der Waals surface area contributed by atoms with Crippen LogP contribution in [0, 0.1) is 5.82 Å². The minimum Gasteiger partial charge on any atom is -0.489 e. The highest BCUT2D eigenvalue weighted by Crippen LogP contribution is 2.34. The second-order valence-electron chi connectivity index (χ2n) is 7.73. The van der Waals surface area contributed by atoms with Crippen LogP contribution in [0.4, 0.5) is 4.39 Å². The first-order valence-electron chi connectivity index (χ1n) is 10.6. The molecular formula is C24H23ClFN3O4. The zero-order valence-corrected chi connectivity index (χ0v) is 19.2. The van der Waals surface area contributed by atoms with E-state index in [1.807, 2.05) is 13.8 Å². The third kappa shape index (κ3) is 5.01. The topological polar surface area (TPSA) is 90.2 Å². The van der Waals surface area contributed by atoms with Gasteiger partial charge in [-0.25, -0.2) is 4.39 Å². The molecule has 1 N–H and O–H groups in total. The predicted molar refractivity (Wildman–Crippen MR) is 123 cm³/mol. The number of fused-ring (bicyclic) bond motifs is 1. The van der Waals surface area contributed by atoms with Crippen molar-refractivity contribution in [2.45, 2.75) is 39.7 Å². The van der Waals surface area contributed by atoms with Crippen LogP contribution in [0.1, 0.15) is 32.8 Å². The van der Waals surface area contributed by atoms with Crippen molar-refractivity contribution in [2.24, 2.45) is 0 Å². The van der Waals surface area contributed by atoms with Crippen molar-refractivity contribution in [3.8, 4) is 28.6 Å². The highest BCUT2D eigenvalue weighted by Gasteiger charge is 2.18. The number of halogens is 2. The fourth-order valence-electron chi connectivity index (χ4n) is 3.54. The molecule has 2 aromatic carbocycles. The summed E-state index contributed by atoms with van der Waals surface area (Å²) in [5.41, 5.74) is 2.52. The monoisotopic (exact) mass is 471 g/mol. The number of carbonyl (C=O) groups excluding carboxylic acids is 1. The Labute approximate surface area is 194 Å². The van der Waals surface area contributed by atoms with Crippen LogP contribution in [-0.4, -0.2) is 33.8 Å². The summed E-state index contributed by atoms with van der Waals surface area (Å²) < 4.78 is 30.5. The number of esters is 1. The maximum Gasteiger partial charge on any atom is 0.306 e. The maximum atomic E-state index is 14.5. The number of hydrogen-bond donors (Lipinski definition) is 1. The minimum atomic E-state index is -0.445.